The first kappa shape index (κ1) is 33.4. The summed E-state index contributed by atoms with van der Waals surface area (Å²) in [5.74, 6) is -0.624. The highest BCUT2D eigenvalue weighted by Gasteiger charge is 2.43. The number of piperazine rings is 1. The van der Waals surface area contributed by atoms with Crippen LogP contribution in [0, 0.1) is 23.0 Å². The summed E-state index contributed by atoms with van der Waals surface area (Å²) in [4.78, 5) is 21.2. The van der Waals surface area contributed by atoms with Crippen LogP contribution >= 0.6 is 11.3 Å². The Labute approximate surface area is 292 Å². The molecule has 7 heterocycles. The van der Waals surface area contributed by atoms with E-state index in [2.05, 4.69) is 25.8 Å². The zero-order valence-electron chi connectivity index (χ0n) is 28.4. The second kappa shape index (κ2) is 13.4. The molecule has 15 heteroatoms. The zero-order chi connectivity index (χ0) is 34.7. The Hall–Kier alpha value is -3.78. The van der Waals surface area contributed by atoms with E-state index in [1.165, 1.54) is 0 Å². The molecule has 3 saturated heterocycles. The third-order valence-corrected chi connectivity index (χ3v) is 11.8. The van der Waals surface area contributed by atoms with Gasteiger partial charge in [0, 0.05) is 76.1 Å². The molecule has 3 fully saturated rings. The summed E-state index contributed by atoms with van der Waals surface area (Å²) >= 11 is 0.950. The molecule has 2 N–H and O–H groups in total. The van der Waals surface area contributed by atoms with Gasteiger partial charge in [0.15, 0.2) is 11.6 Å². The van der Waals surface area contributed by atoms with Crippen molar-refractivity contribution in [3.05, 3.63) is 34.5 Å². The van der Waals surface area contributed by atoms with Crippen LogP contribution < -0.4 is 15.4 Å². The van der Waals surface area contributed by atoms with Crippen LogP contribution in [0.25, 0.3) is 32.2 Å². The second-order valence-electron chi connectivity index (χ2n) is 13.7. The molecule has 4 aliphatic rings. The number of nitriles is 1. The Morgan fingerprint density at radius 3 is 2.60 bits per heavy atom. The number of ether oxygens (including phenoxy) is 4. The minimum atomic E-state index is -0.644. The number of nitrogens with zero attached hydrogens (tertiary/aromatic N) is 7. The maximum absolute atomic E-state index is 17.4. The summed E-state index contributed by atoms with van der Waals surface area (Å²) in [6, 6.07) is 2.60. The average molecular weight is 707 g/mol. The standard InChI is InChI=1S/C35H40F2N8O4S/c1-43-14-21(47-3)9-20(43)15-49-35-41-31-28(34(42-35)45-18-5-6-19(45)13-44(12-18)7-4-8-46-2)24-17-48-16-23(24)26(29(31)37)30-27-22(10-38)33(39)50-32(27)25(36)11-40-30/h11,18-21H,4-9,12-17,39H2,1-3H3/t18?,19?,20-,21+/m0/s1. The van der Waals surface area contributed by atoms with Crippen molar-refractivity contribution in [2.75, 3.05) is 71.3 Å². The lowest BCUT2D eigenvalue weighted by Gasteiger charge is -2.42. The van der Waals surface area contributed by atoms with Crippen molar-refractivity contribution in [1.29, 1.82) is 5.26 Å². The molecule has 2 bridgehead atoms. The molecule has 3 aromatic heterocycles. The number of likely N-dealkylation sites (tertiary alicyclic amines) is 2. The van der Waals surface area contributed by atoms with Gasteiger partial charge in [-0.05, 0) is 43.9 Å². The van der Waals surface area contributed by atoms with Crippen molar-refractivity contribution in [1.82, 2.24) is 24.8 Å². The van der Waals surface area contributed by atoms with Crippen LogP contribution in [0.15, 0.2) is 6.20 Å². The molecule has 50 heavy (non-hydrogen) atoms. The summed E-state index contributed by atoms with van der Waals surface area (Å²) in [5.41, 5.74) is 7.92. The number of hydrogen-bond acceptors (Lipinski definition) is 13. The van der Waals surface area contributed by atoms with Gasteiger partial charge in [0.2, 0.25) is 0 Å². The molecule has 0 aliphatic carbocycles. The van der Waals surface area contributed by atoms with Crippen LogP contribution in [0.5, 0.6) is 6.01 Å². The predicted molar refractivity (Wildman–Crippen MR) is 185 cm³/mol. The average Bonchev–Trinajstić information content (AvgIpc) is 3.88. The highest BCUT2D eigenvalue weighted by Crippen LogP contribution is 2.48. The van der Waals surface area contributed by atoms with E-state index in [1.807, 2.05) is 7.05 Å². The highest BCUT2D eigenvalue weighted by atomic mass is 32.1. The van der Waals surface area contributed by atoms with Gasteiger partial charge in [0.05, 0.1) is 46.9 Å². The quantitative estimate of drug-likeness (QED) is 0.234. The van der Waals surface area contributed by atoms with Crippen LogP contribution in [-0.2, 0) is 27.4 Å². The maximum Gasteiger partial charge on any atom is 0.319 e. The molecule has 0 saturated carbocycles. The minimum Gasteiger partial charge on any atom is -0.462 e. The molecule has 4 aliphatic heterocycles. The molecule has 12 nitrogen and oxygen atoms in total. The molecule has 0 spiro atoms. The number of hydrogen-bond donors (Lipinski definition) is 1. The van der Waals surface area contributed by atoms with Gasteiger partial charge in [-0.3, -0.25) is 14.8 Å². The third kappa shape index (κ3) is 5.53. The molecule has 4 aromatic rings. The first-order valence-electron chi connectivity index (χ1n) is 17.1. The van der Waals surface area contributed by atoms with E-state index in [1.54, 1.807) is 14.2 Å². The molecule has 264 valence electrons. The number of methoxy groups -OCH3 is 2. The van der Waals surface area contributed by atoms with Gasteiger partial charge >= 0.3 is 6.01 Å². The number of likely N-dealkylation sites (N-methyl/N-ethyl adjacent to an activating group) is 1. The summed E-state index contributed by atoms with van der Waals surface area (Å²) in [5, 5.41) is 10.9. The molecule has 2 unspecified atom stereocenters. The SMILES string of the molecule is COCCCN1CC2CCC(C1)N2c1nc(OC[C@@H]2C[C@@H](OC)CN2C)nc2c(F)c(-c3ncc(F)c4sc(N)c(C#N)c34)c3c(c12)COC3. The summed E-state index contributed by atoms with van der Waals surface area (Å²) in [6.07, 6.45) is 4.89. The molecular formula is C35H40F2N8O4S. The lowest BCUT2D eigenvalue weighted by molar-refractivity contribution is 0.111. The summed E-state index contributed by atoms with van der Waals surface area (Å²) in [6.45, 7) is 4.81. The molecule has 0 amide bonds. The normalized spacial score (nSPS) is 23.7. The van der Waals surface area contributed by atoms with E-state index < -0.39 is 11.6 Å². The number of benzene rings is 1. The topological polar surface area (TPSA) is 135 Å². The van der Waals surface area contributed by atoms with Gasteiger partial charge in [-0.2, -0.15) is 15.2 Å². The maximum atomic E-state index is 17.4. The largest absolute Gasteiger partial charge is 0.462 e. The summed E-state index contributed by atoms with van der Waals surface area (Å²) < 4.78 is 55.9. The van der Waals surface area contributed by atoms with Gasteiger partial charge in [0.25, 0.3) is 0 Å². The Morgan fingerprint density at radius 2 is 1.88 bits per heavy atom. The lowest BCUT2D eigenvalue weighted by Crippen LogP contribution is -2.54. The molecule has 8 rings (SSSR count). The first-order chi connectivity index (χ1) is 24.3. The molecule has 0 radical (unpaired) electrons. The van der Waals surface area contributed by atoms with Crippen LogP contribution in [0.3, 0.4) is 0 Å². The Bertz CT molecular complexity index is 1990. The van der Waals surface area contributed by atoms with E-state index in [0.717, 1.165) is 75.0 Å². The van der Waals surface area contributed by atoms with E-state index in [0.29, 0.717) is 30.0 Å². The van der Waals surface area contributed by atoms with Crippen LogP contribution in [0.2, 0.25) is 0 Å². The van der Waals surface area contributed by atoms with Gasteiger partial charge in [-0.15, -0.1) is 11.3 Å². The molecular weight excluding hydrogens is 666 g/mol. The number of aromatic nitrogens is 3. The fraction of sp³-hybridized carbons (Fsp3) is 0.543. The fourth-order valence-electron chi connectivity index (χ4n) is 8.39. The van der Waals surface area contributed by atoms with Gasteiger partial charge in [-0.25, -0.2) is 8.78 Å². The van der Waals surface area contributed by atoms with E-state index in [9.17, 15) is 5.26 Å². The van der Waals surface area contributed by atoms with E-state index in [4.69, 9.17) is 34.6 Å². The number of fused-ring (bicyclic) bond motifs is 6. The smallest absolute Gasteiger partial charge is 0.319 e. The number of rotatable bonds is 10. The number of anilines is 2. The number of thiophene rings is 1. The minimum absolute atomic E-state index is 0.0709. The number of nitrogen functional groups attached to an aromatic ring is 1. The fourth-order valence-corrected chi connectivity index (χ4v) is 9.31. The Balaban J connectivity index is 1.29. The van der Waals surface area contributed by atoms with Crippen molar-refractivity contribution in [3.8, 4) is 23.3 Å². The Morgan fingerprint density at radius 1 is 1.10 bits per heavy atom. The van der Waals surface area contributed by atoms with Crippen LogP contribution in [0.4, 0.5) is 19.6 Å². The highest BCUT2D eigenvalue weighted by molar-refractivity contribution is 7.23. The molecule has 1 aromatic carbocycles. The lowest BCUT2D eigenvalue weighted by atomic mass is 9.93. The monoisotopic (exact) mass is 706 g/mol. The van der Waals surface area contributed by atoms with Crippen molar-refractivity contribution >= 4 is 43.1 Å². The van der Waals surface area contributed by atoms with Crippen molar-refractivity contribution < 1.29 is 27.7 Å². The Kier molecular flexibility index (Phi) is 8.95. The van der Waals surface area contributed by atoms with E-state index >= 15 is 8.78 Å². The van der Waals surface area contributed by atoms with Gasteiger partial charge in [-0.1, -0.05) is 0 Å². The van der Waals surface area contributed by atoms with Crippen LogP contribution in [0.1, 0.15) is 42.4 Å². The number of pyridine rings is 1. The summed E-state index contributed by atoms with van der Waals surface area (Å²) in [7, 11) is 5.46. The zero-order valence-corrected chi connectivity index (χ0v) is 29.2. The molecule has 4 atom stereocenters. The van der Waals surface area contributed by atoms with Crippen molar-refractivity contribution in [2.24, 2.45) is 0 Å². The first-order valence-corrected chi connectivity index (χ1v) is 17.9. The number of halogens is 2. The van der Waals surface area contributed by atoms with Crippen molar-refractivity contribution in [3.63, 3.8) is 0 Å². The van der Waals surface area contributed by atoms with Gasteiger partial charge < -0.3 is 29.6 Å². The van der Waals surface area contributed by atoms with Gasteiger partial charge in [0.1, 0.15) is 29.0 Å². The van der Waals surface area contributed by atoms with E-state index in [-0.39, 0.29) is 80.9 Å². The van der Waals surface area contributed by atoms with Crippen molar-refractivity contribution in [2.45, 2.75) is 63.1 Å². The third-order valence-electron chi connectivity index (χ3n) is 10.8. The predicted octanol–water partition coefficient (Wildman–Crippen LogP) is 4.46. The van der Waals surface area contributed by atoms with Crippen LogP contribution in [-0.4, -0.2) is 110 Å². The number of nitrogens with two attached hydrogens (primary N) is 1. The second-order valence-corrected chi connectivity index (χ2v) is 14.8.